The average molecular weight is 356 g/mol. The van der Waals surface area contributed by atoms with E-state index in [2.05, 4.69) is 21.2 Å². The summed E-state index contributed by atoms with van der Waals surface area (Å²) in [6.07, 6.45) is 0. The third-order valence-electron chi connectivity index (χ3n) is 2.66. The van der Waals surface area contributed by atoms with Gasteiger partial charge < -0.3 is 10.4 Å². The van der Waals surface area contributed by atoms with Crippen molar-refractivity contribution in [2.45, 2.75) is 0 Å². The fourth-order valence-corrected chi connectivity index (χ4v) is 2.02. The number of anilines is 1. The molecule has 4 nitrogen and oxygen atoms in total. The van der Waals surface area contributed by atoms with Crippen LogP contribution >= 0.6 is 15.9 Å². The number of carbonyl (C=O) groups excluding carboxylic acids is 1. The Hall–Kier alpha value is -2.28. The first kappa shape index (κ1) is 15.1. The molecule has 0 atom stereocenters. The van der Waals surface area contributed by atoms with Crippen LogP contribution in [0.5, 0.6) is 0 Å². The van der Waals surface area contributed by atoms with Gasteiger partial charge in [0.05, 0.1) is 16.8 Å². The van der Waals surface area contributed by atoms with Crippen LogP contribution in [0.25, 0.3) is 0 Å². The zero-order chi connectivity index (χ0) is 15.6. The zero-order valence-electron chi connectivity index (χ0n) is 10.4. The van der Waals surface area contributed by atoms with Gasteiger partial charge in [-0.2, -0.15) is 0 Å². The summed E-state index contributed by atoms with van der Waals surface area (Å²) in [5, 5.41) is 11.1. The number of aromatic carboxylic acids is 1. The lowest BCUT2D eigenvalue weighted by molar-refractivity contribution is 0.0697. The van der Waals surface area contributed by atoms with E-state index in [0.29, 0.717) is 4.47 Å². The molecule has 108 valence electrons. The summed E-state index contributed by atoms with van der Waals surface area (Å²) < 4.78 is 27.8. The summed E-state index contributed by atoms with van der Waals surface area (Å²) in [5.74, 6) is -4.07. The predicted molar refractivity (Wildman–Crippen MR) is 75.4 cm³/mol. The van der Waals surface area contributed by atoms with Crippen LogP contribution in [-0.2, 0) is 0 Å². The standard InChI is InChI=1S/C14H8BrF2NO3/c15-7-4-5-8(11(17)6-7)13(19)18-12-9(14(20)21)2-1-3-10(12)16/h1-6H,(H,18,19)(H,20,21). The molecule has 0 heterocycles. The second-order valence-electron chi connectivity index (χ2n) is 4.05. The fraction of sp³-hybridized carbons (Fsp3) is 0. The molecule has 0 aromatic heterocycles. The molecule has 0 fully saturated rings. The van der Waals surface area contributed by atoms with Crippen LogP contribution in [0.3, 0.4) is 0 Å². The molecular weight excluding hydrogens is 348 g/mol. The van der Waals surface area contributed by atoms with Gasteiger partial charge in [-0.05, 0) is 30.3 Å². The molecule has 2 N–H and O–H groups in total. The van der Waals surface area contributed by atoms with Crippen molar-refractivity contribution in [1.82, 2.24) is 0 Å². The van der Waals surface area contributed by atoms with E-state index in [0.717, 1.165) is 18.2 Å². The zero-order valence-corrected chi connectivity index (χ0v) is 11.9. The maximum absolute atomic E-state index is 13.7. The molecule has 0 unspecified atom stereocenters. The Labute approximate surface area is 126 Å². The van der Waals surface area contributed by atoms with Crippen molar-refractivity contribution in [3.8, 4) is 0 Å². The molecule has 7 heteroatoms. The van der Waals surface area contributed by atoms with E-state index in [-0.39, 0.29) is 5.56 Å². The monoisotopic (exact) mass is 355 g/mol. The normalized spacial score (nSPS) is 10.2. The smallest absolute Gasteiger partial charge is 0.337 e. The van der Waals surface area contributed by atoms with Gasteiger partial charge in [-0.25, -0.2) is 13.6 Å². The number of para-hydroxylation sites is 1. The topological polar surface area (TPSA) is 66.4 Å². The number of carboxylic acid groups (broad SMARTS) is 1. The number of carbonyl (C=O) groups is 2. The molecule has 0 bridgehead atoms. The summed E-state index contributed by atoms with van der Waals surface area (Å²) >= 11 is 3.05. The number of carboxylic acids is 1. The first-order valence-corrected chi connectivity index (χ1v) is 6.47. The molecule has 2 aromatic carbocycles. The van der Waals surface area contributed by atoms with Crippen LogP contribution in [0.1, 0.15) is 20.7 Å². The molecule has 0 aliphatic rings. The van der Waals surface area contributed by atoms with Gasteiger partial charge in [-0.15, -0.1) is 0 Å². The molecule has 0 saturated carbocycles. The Bertz CT molecular complexity index is 734. The predicted octanol–water partition coefficient (Wildman–Crippen LogP) is 3.68. The van der Waals surface area contributed by atoms with Crippen LogP contribution < -0.4 is 5.32 Å². The van der Waals surface area contributed by atoms with E-state index in [1.54, 1.807) is 0 Å². The molecule has 1 amide bonds. The molecule has 21 heavy (non-hydrogen) atoms. The van der Waals surface area contributed by atoms with Crippen LogP contribution in [-0.4, -0.2) is 17.0 Å². The van der Waals surface area contributed by atoms with Crippen LogP contribution in [0.2, 0.25) is 0 Å². The van der Waals surface area contributed by atoms with Gasteiger partial charge in [0.15, 0.2) is 0 Å². The molecule has 0 aliphatic heterocycles. The Morgan fingerprint density at radius 2 is 1.76 bits per heavy atom. The van der Waals surface area contributed by atoms with Crippen molar-refractivity contribution >= 4 is 33.5 Å². The lowest BCUT2D eigenvalue weighted by Gasteiger charge is -2.10. The van der Waals surface area contributed by atoms with Crippen molar-refractivity contribution in [2.24, 2.45) is 0 Å². The first-order valence-electron chi connectivity index (χ1n) is 5.68. The van der Waals surface area contributed by atoms with E-state index < -0.39 is 34.8 Å². The van der Waals surface area contributed by atoms with Gasteiger partial charge >= 0.3 is 5.97 Å². The van der Waals surface area contributed by atoms with Gasteiger partial charge in [-0.3, -0.25) is 4.79 Å². The summed E-state index contributed by atoms with van der Waals surface area (Å²) in [6.45, 7) is 0. The number of rotatable bonds is 3. The minimum absolute atomic E-state index is 0.321. The summed E-state index contributed by atoms with van der Waals surface area (Å²) in [7, 11) is 0. The number of hydrogen-bond acceptors (Lipinski definition) is 2. The summed E-state index contributed by atoms with van der Waals surface area (Å²) in [5.41, 5.74) is -1.24. The number of benzene rings is 2. The summed E-state index contributed by atoms with van der Waals surface area (Å²) in [6, 6.07) is 7.06. The Kier molecular flexibility index (Phi) is 4.32. The molecule has 2 aromatic rings. The highest BCUT2D eigenvalue weighted by Gasteiger charge is 2.19. The Morgan fingerprint density at radius 1 is 1.05 bits per heavy atom. The molecule has 0 saturated heterocycles. The molecular formula is C14H8BrF2NO3. The summed E-state index contributed by atoms with van der Waals surface area (Å²) in [4.78, 5) is 23.0. The van der Waals surface area contributed by atoms with E-state index in [1.807, 2.05) is 0 Å². The molecule has 2 rings (SSSR count). The first-order chi connectivity index (χ1) is 9.90. The highest BCUT2D eigenvalue weighted by Crippen LogP contribution is 2.22. The van der Waals surface area contributed by atoms with E-state index >= 15 is 0 Å². The second-order valence-corrected chi connectivity index (χ2v) is 4.96. The maximum Gasteiger partial charge on any atom is 0.337 e. The lowest BCUT2D eigenvalue weighted by atomic mass is 10.1. The van der Waals surface area contributed by atoms with E-state index in [1.165, 1.54) is 18.2 Å². The minimum atomic E-state index is -1.40. The molecule has 0 aliphatic carbocycles. The minimum Gasteiger partial charge on any atom is -0.478 e. The Morgan fingerprint density at radius 3 is 2.38 bits per heavy atom. The number of amides is 1. The highest BCUT2D eigenvalue weighted by molar-refractivity contribution is 9.10. The number of nitrogens with one attached hydrogen (secondary N) is 1. The van der Waals surface area contributed by atoms with E-state index in [9.17, 15) is 18.4 Å². The molecule has 0 radical (unpaired) electrons. The van der Waals surface area contributed by atoms with E-state index in [4.69, 9.17) is 5.11 Å². The van der Waals surface area contributed by atoms with Gasteiger partial charge in [-0.1, -0.05) is 22.0 Å². The fourth-order valence-electron chi connectivity index (χ4n) is 1.68. The van der Waals surface area contributed by atoms with Gasteiger partial charge in [0.2, 0.25) is 0 Å². The third-order valence-corrected chi connectivity index (χ3v) is 3.15. The third kappa shape index (κ3) is 3.25. The number of halogens is 3. The largest absolute Gasteiger partial charge is 0.478 e. The van der Waals surface area contributed by atoms with Crippen LogP contribution in [0, 0.1) is 11.6 Å². The average Bonchev–Trinajstić information content (AvgIpc) is 2.40. The van der Waals surface area contributed by atoms with Gasteiger partial charge in [0.1, 0.15) is 11.6 Å². The number of hydrogen-bond donors (Lipinski definition) is 2. The highest BCUT2D eigenvalue weighted by atomic mass is 79.9. The lowest BCUT2D eigenvalue weighted by Crippen LogP contribution is -2.17. The van der Waals surface area contributed by atoms with Gasteiger partial charge in [0, 0.05) is 4.47 Å². The van der Waals surface area contributed by atoms with Crippen molar-refractivity contribution in [2.75, 3.05) is 5.32 Å². The Balaban J connectivity index is 2.38. The maximum atomic E-state index is 13.7. The quantitative estimate of drug-likeness (QED) is 0.882. The molecule has 0 spiro atoms. The SMILES string of the molecule is O=C(Nc1c(F)cccc1C(=O)O)c1ccc(Br)cc1F. The van der Waals surface area contributed by atoms with Gasteiger partial charge in [0.25, 0.3) is 5.91 Å². The van der Waals surface area contributed by atoms with Crippen LogP contribution in [0.4, 0.5) is 14.5 Å². The van der Waals surface area contributed by atoms with Crippen molar-refractivity contribution < 1.29 is 23.5 Å². The van der Waals surface area contributed by atoms with Crippen molar-refractivity contribution in [3.63, 3.8) is 0 Å². The second kappa shape index (κ2) is 6.01. The van der Waals surface area contributed by atoms with Crippen LogP contribution in [0.15, 0.2) is 40.9 Å². The van der Waals surface area contributed by atoms with Crippen molar-refractivity contribution in [1.29, 1.82) is 0 Å². The van der Waals surface area contributed by atoms with Crippen molar-refractivity contribution in [3.05, 3.63) is 63.6 Å².